The van der Waals surface area contributed by atoms with Gasteiger partial charge in [0, 0.05) is 12.0 Å². The Hall–Kier alpha value is -1.02. The van der Waals surface area contributed by atoms with Gasteiger partial charge in [0.2, 0.25) is 0 Å². The molecule has 2 nitrogen and oxygen atoms in total. The molecule has 1 aliphatic carbocycles. The summed E-state index contributed by atoms with van der Waals surface area (Å²) in [7, 11) is 0. The van der Waals surface area contributed by atoms with Crippen LogP contribution in [0.25, 0.3) is 0 Å². The monoisotopic (exact) mass is 246 g/mol. The molecule has 0 spiro atoms. The first kappa shape index (κ1) is 12.0. The Morgan fingerprint density at radius 1 is 1.22 bits per heavy atom. The first-order valence-corrected chi connectivity index (χ1v) is 7.18. The molecule has 2 heteroatoms. The van der Waals surface area contributed by atoms with E-state index in [0.717, 1.165) is 43.1 Å². The van der Waals surface area contributed by atoms with Crippen molar-refractivity contribution >= 4 is 0 Å². The van der Waals surface area contributed by atoms with Gasteiger partial charge in [0.1, 0.15) is 5.75 Å². The minimum atomic E-state index is -0.342. The summed E-state index contributed by atoms with van der Waals surface area (Å²) < 4.78 is 5.70. The molecule has 1 atom stereocenters. The second-order valence-corrected chi connectivity index (χ2v) is 5.90. The average Bonchev–Trinajstić information content (AvgIpc) is 2.87. The molecule has 98 valence electrons. The summed E-state index contributed by atoms with van der Waals surface area (Å²) in [6.45, 7) is 3.08. The number of ether oxygens (including phenoxy) is 1. The molecule has 0 bridgehead atoms. The second-order valence-electron chi connectivity index (χ2n) is 5.90. The van der Waals surface area contributed by atoms with Crippen LogP contribution >= 0.6 is 0 Å². The molecule has 1 aromatic carbocycles. The second kappa shape index (κ2) is 4.93. The van der Waals surface area contributed by atoms with Crippen molar-refractivity contribution in [2.75, 3.05) is 6.61 Å². The molecule has 1 saturated carbocycles. The number of rotatable bonds is 2. The van der Waals surface area contributed by atoms with Gasteiger partial charge in [-0.2, -0.15) is 0 Å². The van der Waals surface area contributed by atoms with Crippen molar-refractivity contribution in [3.05, 3.63) is 29.3 Å². The summed E-state index contributed by atoms with van der Waals surface area (Å²) in [6.07, 6.45) is 5.43. The minimum absolute atomic E-state index is 0.342. The maximum Gasteiger partial charge on any atom is 0.128 e. The third-order valence-corrected chi connectivity index (χ3v) is 4.57. The standard InChI is InChI=1S/C16H22O2/c1-11-5-7-12(8-6-11)15(17)14-4-2-3-13-9-10-18-16(13)14/h2-4,11-12,15,17H,5-10H2,1H3. The fourth-order valence-corrected chi connectivity index (χ4v) is 3.33. The van der Waals surface area contributed by atoms with E-state index in [2.05, 4.69) is 19.1 Å². The van der Waals surface area contributed by atoms with Crippen LogP contribution in [0.1, 0.15) is 49.8 Å². The first-order valence-electron chi connectivity index (χ1n) is 7.18. The van der Waals surface area contributed by atoms with Crippen LogP contribution in [0.5, 0.6) is 5.75 Å². The highest BCUT2D eigenvalue weighted by atomic mass is 16.5. The maximum atomic E-state index is 10.6. The predicted octanol–water partition coefficient (Wildman–Crippen LogP) is 3.48. The van der Waals surface area contributed by atoms with Crippen LogP contribution in [0, 0.1) is 11.8 Å². The van der Waals surface area contributed by atoms with Gasteiger partial charge in [-0.15, -0.1) is 0 Å². The van der Waals surface area contributed by atoms with E-state index < -0.39 is 0 Å². The van der Waals surface area contributed by atoms with Crippen LogP contribution in [-0.4, -0.2) is 11.7 Å². The van der Waals surface area contributed by atoms with Crippen molar-refractivity contribution in [2.45, 2.75) is 45.1 Å². The Morgan fingerprint density at radius 2 is 2.00 bits per heavy atom. The summed E-state index contributed by atoms with van der Waals surface area (Å²) in [5.74, 6) is 2.20. The van der Waals surface area contributed by atoms with Crippen molar-refractivity contribution in [1.29, 1.82) is 0 Å². The van der Waals surface area contributed by atoms with Crippen LogP contribution in [0.3, 0.4) is 0 Å². The molecular formula is C16H22O2. The summed E-state index contributed by atoms with van der Waals surface area (Å²) in [5, 5.41) is 10.6. The van der Waals surface area contributed by atoms with E-state index in [9.17, 15) is 5.11 Å². The van der Waals surface area contributed by atoms with Crippen LogP contribution in [0.4, 0.5) is 0 Å². The predicted molar refractivity (Wildman–Crippen MR) is 71.7 cm³/mol. The number of aliphatic hydroxyl groups is 1. The third kappa shape index (κ3) is 2.14. The van der Waals surface area contributed by atoms with Gasteiger partial charge in [-0.05, 0) is 30.2 Å². The Kier molecular flexibility index (Phi) is 3.29. The van der Waals surface area contributed by atoms with Gasteiger partial charge in [-0.25, -0.2) is 0 Å². The highest BCUT2D eigenvalue weighted by Gasteiger charge is 2.29. The molecule has 0 aromatic heterocycles. The zero-order valence-electron chi connectivity index (χ0n) is 11.1. The van der Waals surface area contributed by atoms with E-state index in [1.807, 2.05) is 6.07 Å². The van der Waals surface area contributed by atoms with Gasteiger partial charge in [0.25, 0.3) is 0 Å². The lowest BCUT2D eigenvalue weighted by Crippen LogP contribution is -2.19. The molecule has 18 heavy (non-hydrogen) atoms. The fraction of sp³-hybridized carbons (Fsp3) is 0.625. The van der Waals surface area contributed by atoms with Gasteiger partial charge >= 0.3 is 0 Å². The molecule has 2 aliphatic rings. The highest BCUT2D eigenvalue weighted by molar-refractivity contribution is 5.45. The lowest BCUT2D eigenvalue weighted by atomic mass is 9.78. The number of hydrogen-bond acceptors (Lipinski definition) is 2. The molecule has 1 heterocycles. The average molecular weight is 246 g/mol. The maximum absolute atomic E-state index is 10.6. The minimum Gasteiger partial charge on any atom is -0.493 e. The smallest absolute Gasteiger partial charge is 0.128 e. The Labute approximate surface area is 109 Å². The highest BCUT2D eigenvalue weighted by Crippen LogP contribution is 2.41. The molecule has 0 saturated heterocycles. The van der Waals surface area contributed by atoms with Gasteiger partial charge < -0.3 is 9.84 Å². The van der Waals surface area contributed by atoms with E-state index in [1.165, 1.54) is 18.4 Å². The molecule has 1 N–H and O–H groups in total. The van der Waals surface area contributed by atoms with Gasteiger partial charge in [-0.1, -0.05) is 38.0 Å². The summed E-state index contributed by atoms with van der Waals surface area (Å²) in [6, 6.07) is 6.20. The fourth-order valence-electron chi connectivity index (χ4n) is 3.33. The van der Waals surface area contributed by atoms with Crippen molar-refractivity contribution in [1.82, 2.24) is 0 Å². The normalized spacial score (nSPS) is 28.6. The van der Waals surface area contributed by atoms with Crippen LogP contribution in [-0.2, 0) is 6.42 Å². The van der Waals surface area contributed by atoms with E-state index in [4.69, 9.17) is 4.74 Å². The van der Waals surface area contributed by atoms with Gasteiger partial charge in [0.15, 0.2) is 0 Å². The zero-order chi connectivity index (χ0) is 12.5. The zero-order valence-corrected chi connectivity index (χ0v) is 11.1. The molecule has 1 unspecified atom stereocenters. The van der Waals surface area contributed by atoms with Crippen molar-refractivity contribution < 1.29 is 9.84 Å². The number of benzene rings is 1. The largest absolute Gasteiger partial charge is 0.493 e. The Bertz CT molecular complexity index is 419. The molecule has 0 radical (unpaired) electrons. The number of aliphatic hydroxyl groups excluding tert-OH is 1. The SMILES string of the molecule is CC1CCC(C(O)c2cccc3c2OCC3)CC1. The third-order valence-electron chi connectivity index (χ3n) is 4.57. The topological polar surface area (TPSA) is 29.5 Å². The van der Waals surface area contributed by atoms with E-state index in [-0.39, 0.29) is 6.10 Å². The summed E-state index contributed by atoms with van der Waals surface area (Å²) in [4.78, 5) is 0. The van der Waals surface area contributed by atoms with E-state index in [1.54, 1.807) is 0 Å². The Balaban J connectivity index is 1.80. The van der Waals surface area contributed by atoms with Crippen molar-refractivity contribution in [3.8, 4) is 5.75 Å². The lowest BCUT2D eigenvalue weighted by Gasteiger charge is -2.30. The molecule has 0 amide bonds. The number of fused-ring (bicyclic) bond motifs is 1. The van der Waals surface area contributed by atoms with E-state index >= 15 is 0 Å². The summed E-state index contributed by atoms with van der Waals surface area (Å²) in [5.41, 5.74) is 2.28. The summed E-state index contributed by atoms with van der Waals surface area (Å²) >= 11 is 0. The lowest BCUT2D eigenvalue weighted by molar-refractivity contribution is 0.0733. The van der Waals surface area contributed by atoms with Crippen LogP contribution in [0.2, 0.25) is 0 Å². The first-order chi connectivity index (χ1) is 8.75. The van der Waals surface area contributed by atoms with Crippen molar-refractivity contribution in [2.24, 2.45) is 11.8 Å². The van der Waals surface area contributed by atoms with Gasteiger partial charge in [0.05, 0.1) is 12.7 Å². The van der Waals surface area contributed by atoms with E-state index in [0.29, 0.717) is 5.92 Å². The number of hydrogen-bond donors (Lipinski definition) is 1. The van der Waals surface area contributed by atoms with Crippen molar-refractivity contribution in [3.63, 3.8) is 0 Å². The molecule has 1 fully saturated rings. The van der Waals surface area contributed by atoms with Crippen LogP contribution < -0.4 is 4.74 Å². The van der Waals surface area contributed by atoms with Gasteiger partial charge in [-0.3, -0.25) is 0 Å². The quantitative estimate of drug-likeness (QED) is 0.865. The molecule has 3 rings (SSSR count). The molecule has 1 aliphatic heterocycles. The Morgan fingerprint density at radius 3 is 2.78 bits per heavy atom. The van der Waals surface area contributed by atoms with Crippen LogP contribution in [0.15, 0.2) is 18.2 Å². The number of para-hydroxylation sites is 1. The molecule has 1 aromatic rings. The molecular weight excluding hydrogens is 224 g/mol.